The Kier molecular flexibility index (Phi) is 3.26. The van der Waals surface area contributed by atoms with Crippen molar-refractivity contribution in [2.24, 2.45) is 0 Å². The molecular formula is C13H16ClN5O4. The summed E-state index contributed by atoms with van der Waals surface area (Å²) in [7, 11) is 0. The number of hydrogen-bond donors (Lipinski definition) is 2. The summed E-state index contributed by atoms with van der Waals surface area (Å²) >= 11 is 5.89. The lowest BCUT2D eigenvalue weighted by Gasteiger charge is -2.23. The second-order valence-corrected chi connectivity index (χ2v) is 6.35. The molecule has 0 bridgehead atoms. The third-order valence-electron chi connectivity index (χ3n) is 4.00. The van der Waals surface area contributed by atoms with Gasteiger partial charge in [0, 0.05) is 0 Å². The van der Waals surface area contributed by atoms with Gasteiger partial charge in [-0.2, -0.15) is 10.1 Å². The molecule has 2 saturated heterocycles. The van der Waals surface area contributed by atoms with E-state index >= 15 is 0 Å². The molecule has 2 aromatic rings. The first-order chi connectivity index (χ1) is 10.9. The molecule has 3 N–H and O–H groups in total. The minimum atomic E-state index is -0.764. The van der Waals surface area contributed by atoms with Gasteiger partial charge in [-0.05, 0) is 25.4 Å². The average Bonchev–Trinajstić information content (AvgIpc) is 3.09. The van der Waals surface area contributed by atoms with Crippen molar-refractivity contribution in [3.8, 4) is 0 Å². The highest BCUT2D eigenvalue weighted by molar-refractivity contribution is 6.28. The number of halogens is 1. The number of rotatable bonds is 2. The zero-order chi connectivity index (χ0) is 16.4. The zero-order valence-electron chi connectivity index (χ0n) is 12.5. The van der Waals surface area contributed by atoms with Crippen molar-refractivity contribution < 1.29 is 19.3 Å². The fraction of sp³-hybridized carbons (Fsp3) is 0.615. The van der Waals surface area contributed by atoms with E-state index in [1.165, 1.54) is 4.68 Å². The van der Waals surface area contributed by atoms with Gasteiger partial charge in [-0.3, -0.25) is 0 Å². The van der Waals surface area contributed by atoms with Crippen molar-refractivity contribution in [2.45, 2.75) is 44.2 Å². The van der Waals surface area contributed by atoms with E-state index in [0.29, 0.717) is 11.0 Å². The number of fused-ring (bicyclic) bond motifs is 2. The standard InChI is InChI=1S/C13H16ClN5O4/c1-13(2)22-7-6(4-20)21-11(8(7)23-13)19-10-5(3-16-19)9(15)17-12(14)18-10/h3,6-8,11,20H,4H2,1-2H3,(H2,15,17,18)/t6-,7-,8-,11-/m1/s1. The molecule has 0 radical (unpaired) electrons. The topological polar surface area (TPSA) is 118 Å². The van der Waals surface area contributed by atoms with Crippen LogP contribution in [-0.4, -0.2) is 55.6 Å². The summed E-state index contributed by atoms with van der Waals surface area (Å²) in [6.45, 7) is 3.44. The number of aromatic nitrogens is 4. The average molecular weight is 342 g/mol. The first kappa shape index (κ1) is 15.0. The Bertz CT molecular complexity index is 766. The molecule has 9 nitrogen and oxygen atoms in total. The molecule has 0 amide bonds. The van der Waals surface area contributed by atoms with Gasteiger partial charge in [-0.1, -0.05) is 0 Å². The lowest BCUT2D eigenvalue weighted by Crippen LogP contribution is -2.31. The van der Waals surface area contributed by atoms with Crippen LogP contribution in [-0.2, 0) is 14.2 Å². The lowest BCUT2D eigenvalue weighted by molar-refractivity contribution is -0.201. The van der Waals surface area contributed by atoms with Crippen molar-refractivity contribution in [2.75, 3.05) is 12.3 Å². The maximum absolute atomic E-state index is 9.54. The third kappa shape index (κ3) is 2.27. The molecule has 0 aliphatic carbocycles. The molecule has 0 saturated carbocycles. The minimum absolute atomic E-state index is 0.0222. The van der Waals surface area contributed by atoms with Gasteiger partial charge in [0.2, 0.25) is 5.28 Å². The SMILES string of the molecule is CC1(C)O[C@@H]2[C@H](O1)[C@@H](CO)O[C@H]2n1ncc2c(N)nc(Cl)nc21. The largest absolute Gasteiger partial charge is 0.394 e. The molecule has 4 atom stereocenters. The van der Waals surface area contributed by atoms with Crippen molar-refractivity contribution in [3.63, 3.8) is 0 Å². The number of aliphatic hydroxyl groups is 1. The molecule has 2 fully saturated rings. The monoisotopic (exact) mass is 341 g/mol. The Morgan fingerprint density at radius 2 is 2.09 bits per heavy atom. The van der Waals surface area contributed by atoms with Gasteiger partial charge >= 0.3 is 0 Å². The summed E-state index contributed by atoms with van der Waals surface area (Å²) in [5.74, 6) is -0.525. The van der Waals surface area contributed by atoms with Crippen LogP contribution in [0.2, 0.25) is 5.28 Å². The van der Waals surface area contributed by atoms with Crippen LogP contribution in [0.15, 0.2) is 6.20 Å². The summed E-state index contributed by atoms with van der Waals surface area (Å²) in [4.78, 5) is 8.08. The molecule has 23 heavy (non-hydrogen) atoms. The van der Waals surface area contributed by atoms with Gasteiger partial charge in [-0.15, -0.1) is 0 Å². The molecular weight excluding hydrogens is 326 g/mol. The fourth-order valence-electron chi connectivity index (χ4n) is 3.11. The van der Waals surface area contributed by atoms with E-state index in [1.54, 1.807) is 6.20 Å². The lowest BCUT2D eigenvalue weighted by atomic mass is 10.1. The van der Waals surface area contributed by atoms with E-state index < -0.39 is 30.3 Å². The Morgan fingerprint density at radius 3 is 2.83 bits per heavy atom. The van der Waals surface area contributed by atoms with Crippen LogP contribution in [0.4, 0.5) is 5.82 Å². The van der Waals surface area contributed by atoms with Crippen molar-refractivity contribution in [1.82, 2.24) is 19.7 Å². The molecule has 0 unspecified atom stereocenters. The maximum atomic E-state index is 9.54. The molecule has 4 rings (SSSR count). The summed E-state index contributed by atoms with van der Waals surface area (Å²) in [6.07, 6.45) is -0.399. The van der Waals surface area contributed by atoms with E-state index in [4.69, 9.17) is 31.5 Å². The number of anilines is 1. The summed E-state index contributed by atoms with van der Waals surface area (Å²) in [5.41, 5.74) is 6.29. The van der Waals surface area contributed by atoms with Crippen LogP contribution in [0.1, 0.15) is 20.1 Å². The Hall–Kier alpha value is -1.52. The van der Waals surface area contributed by atoms with Gasteiger partial charge in [0.25, 0.3) is 0 Å². The number of aliphatic hydroxyl groups excluding tert-OH is 1. The molecule has 0 spiro atoms. The van der Waals surface area contributed by atoms with Gasteiger partial charge in [0.1, 0.15) is 24.1 Å². The van der Waals surface area contributed by atoms with E-state index in [2.05, 4.69) is 15.1 Å². The maximum Gasteiger partial charge on any atom is 0.226 e. The molecule has 10 heteroatoms. The number of hydrogen-bond acceptors (Lipinski definition) is 8. The molecule has 4 heterocycles. The Labute approximate surface area is 136 Å². The van der Waals surface area contributed by atoms with Crippen LogP contribution >= 0.6 is 11.6 Å². The minimum Gasteiger partial charge on any atom is -0.394 e. The third-order valence-corrected chi connectivity index (χ3v) is 4.17. The molecule has 2 aliphatic rings. The highest BCUT2D eigenvalue weighted by atomic mass is 35.5. The van der Waals surface area contributed by atoms with Crippen molar-refractivity contribution >= 4 is 28.5 Å². The van der Waals surface area contributed by atoms with E-state index in [-0.39, 0.29) is 17.7 Å². The highest BCUT2D eigenvalue weighted by Crippen LogP contribution is 2.43. The quantitative estimate of drug-likeness (QED) is 0.757. The van der Waals surface area contributed by atoms with Gasteiger partial charge in [0.05, 0.1) is 18.2 Å². The van der Waals surface area contributed by atoms with Crippen LogP contribution in [0, 0.1) is 0 Å². The van der Waals surface area contributed by atoms with Gasteiger partial charge < -0.3 is 25.1 Å². The number of ether oxygens (including phenoxy) is 3. The summed E-state index contributed by atoms with van der Waals surface area (Å²) in [5, 5.41) is 14.4. The molecule has 0 aromatic carbocycles. The molecule has 2 aliphatic heterocycles. The Balaban J connectivity index is 1.79. The summed E-state index contributed by atoms with van der Waals surface area (Å²) in [6, 6.07) is 0. The van der Waals surface area contributed by atoms with Crippen LogP contribution in [0.5, 0.6) is 0 Å². The number of nitrogens with two attached hydrogens (primary N) is 1. The summed E-state index contributed by atoms with van der Waals surface area (Å²) < 4.78 is 19.2. The zero-order valence-corrected chi connectivity index (χ0v) is 13.3. The first-order valence-electron chi connectivity index (χ1n) is 7.18. The molecule has 2 aromatic heterocycles. The Morgan fingerprint density at radius 1 is 1.35 bits per heavy atom. The van der Waals surface area contributed by atoms with E-state index in [0.717, 1.165) is 0 Å². The second kappa shape index (κ2) is 4.99. The van der Waals surface area contributed by atoms with Crippen LogP contribution in [0.25, 0.3) is 11.0 Å². The van der Waals surface area contributed by atoms with Gasteiger partial charge in [0.15, 0.2) is 17.7 Å². The van der Waals surface area contributed by atoms with Crippen molar-refractivity contribution in [1.29, 1.82) is 0 Å². The normalized spacial score (nSPS) is 32.5. The van der Waals surface area contributed by atoms with Gasteiger partial charge in [-0.25, -0.2) is 9.67 Å². The predicted octanol–water partition coefficient (Wildman–Crippen LogP) is 0.472. The van der Waals surface area contributed by atoms with Crippen LogP contribution in [0.3, 0.4) is 0 Å². The smallest absolute Gasteiger partial charge is 0.226 e. The van der Waals surface area contributed by atoms with Crippen molar-refractivity contribution in [3.05, 3.63) is 11.5 Å². The first-order valence-corrected chi connectivity index (χ1v) is 7.55. The predicted molar refractivity (Wildman–Crippen MR) is 79.6 cm³/mol. The molecule has 124 valence electrons. The van der Waals surface area contributed by atoms with E-state index in [1.807, 2.05) is 13.8 Å². The van der Waals surface area contributed by atoms with Crippen LogP contribution < -0.4 is 5.73 Å². The highest BCUT2D eigenvalue weighted by Gasteiger charge is 2.56. The number of nitrogen functional groups attached to an aromatic ring is 1. The second-order valence-electron chi connectivity index (χ2n) is 6.02. The number of nitrogens with zero attached hydrogens (tertiary/aromatic N) is 4. The fourth-order valence-corrected chi connectivity index (χ4v) is 3.28. The van der Waals surface area contributed by atoms with E-state index in [9.17, 15) is 5.11 Å².